The van der Waals surface area contributed by atoms with Crippen molar-refractivity contribution in [3.8, 4) is 0 Å². The van der Waals surface area contributed by atoms with Gasteiger partial charge in [-0.05, 0) is 18.6 Å². The number of fused-ring (bicyclic) bond motifs is 1. The van der Waals surface area contributed by atoms with Crippen molar-refractivity contribution in [2.24, 2.45) is 4.99 Å². The van der Waals surface area contributed by atoms with Crippen LogP contribution in [0, 0.1) is 0 Å². The van der Waals surface area contributed by atoms with Crippen LogP contribution in [0.3, 0.4) is 0 Å². The predicted octanol–water partition coefficient (Wildman–Crippen LogP) is 1.77. The molecule has 2 aromatic rings. The average molecular weight is 444 g/mol. The van der Waals surface area contributed by atoms with E-state index in [4.69, 9.17) is 4.42 Å². The lowest BCUT2D eigenvalue weighted by Crippen LogP contribution is -2.47. The molecule has 0 bridgehead atoms. The van der Waals surface area contributed by atoms with Crippen LogP contribution in [0.2, 0.25) is 0 Å². The molecule has 1 unspecified atom stereocenters. The van der Waals surface area contributed by atoms with Gasteiger partial charge in [-0.2, -0.15) is 5.10 Å². The summed E-state index contributed by atoms with van der Waals surface area (Å²) in [6.07, 6.45) is 5.42. The molecule has 3 heterocycles. The average Bonchev–Trinajstić information content (AvgIpc) is 3.22. The van der Waals surface area contributed by atoms with Crippen molar-refractivity contribution in [3.63, 3.8) is 0 Å². The van der Waals surface area contributed by atoms with E-state index in [1.54, 1.807) is 13.3 Å². The van der Waals surface area contributed by atoms with Crippen molar-refractivity contribution in [2.45, 2.75) is 45.2 Å². The molecule has 0 radical (unpaired) electrons. The van der Waals surface area contributed by atoms with Crippen molar-refractivity contribution in [1.29, 1.82) is 0 Å². The maximum absolute atomic E-state index is 5.33. The molecule has 0 aromatic carbocycles. The van der Waals surface area contributed by atoms with Gasteiger partial charge < -0.3 is 15.1 Å². The highest BCUT2D eigenvalue weighted by Gasteiger charge is 2.21. The monoisotopic (exact) mass is 444 g/mol. The lowest BCUT2D eigenvalue weighted by molar-refractivity contribution is 0.392. The largest absolute Gasteiger partial charge is 0.469 e. The van der Waals surface area contributed by atoms with Gasteiger partial charge in [0.15, 0.2) is 11.8 Å². The SMILES string of the molecule is CCc1nc2n(n1)CC(NC(=NC)NCCc1ccco1)CC2.I. The topological polar surface area (TPSA) is 80.3 Å². The fourth-order valence-electron chi connectivity index (χ4n) is 2.78. The van der Waals surface area contributed by atoms with E-state index in [9.17, 15) is 0 Å². The Hall–Kier alpha value is -1.58. The zero-order valence-electron chi connectivity index (χ0n) is 14.2. The minimum Gasteiger partial charge on any atom is -0.469 e. The summed E-state index contributed by atoms with van der Waals surface area (Å²) in [7, 11) is 1.79. The molecule has 0 amide bonds. The minimum atomic E-state index is 0. The van der Waals surface area contributed by atoms with Crippen molar-refractivity contribution < 1.29 is 4.42 Å². The lowest BCUT2D eigenvalue weighted by atomic mass is 10.1. The summed E-state index contributed by atoms with van der Waals surface area (Å²) in [4.78, 5) is 8.85. The minimum absolute atomic E-state index is 0. The molecule has 132 valence electrons. The van der Waals surface area contributed by atoms with Crippen molar-refractivity contribution in [1.82, 2.24) is 25.4 Å². The number of hydrogen-bond donors (Lipinski definition) is 2. The first-order chi connectivity index (χ1) is 11.3. The van der Waals surface area contributed by atoms with Crippen LogP contribution in [0.5, 0.6) is 0 Å². The van der Waals surface area contributed by atoms with Crippen LogP contribution in [0.1, 0.15) is 30.8 Å². The molecule has 8 heteroatoms. The Kier molecular flexibility index (Phi) is 7.07. The van der Waals surface area contributed by atoms with Gasteiger partial charge in [0.25, 0.3) is 0 Å². The van der Waals surface area contributed by atoms with Crippen molar-refractivity contribution >= 4 is 29.9 Å². The Morgan fingerprint density at radius 2 is 2.38 bits per heavy atom. The van der Waals surface area contributed by atoms with E-state index < -0.39 is 0 Å². The number of nitrogens with one attached hydrogen (secondary N) is 2. The molecule has 0 spiro atoms. The smallest absolute Gasteiger partial charge is 0.191 e. The normalized spacial score (nSPS) is 17.1. The van der Waals surface area contributed by atoms with Gasteiger partial charge in [0.1, 0.15) is 11.6 Å². The van der Waals surface area contributed by atoms with Crippen LogP contribution in [0.25, 0.3) is 0 Å². The van der Waals surface area contributed by atoms with E-state index in [1.165, 1.54) is 0 Å². The summed E-state index contributed by atoms with van der Waals surface area (Å²) in [5.41, 5.74) is 0. The first-order valence-electron chi connectivity index (χ1n) is 8.20. The molecule has 2 aromatic heterocycles. The molecule has 7 nitrogen and oxygen atoms in total. The van der Waals surface area contributed by atoms with Crippen LogP contribution in [-0.2, 0) is 25.8 Å². The molecule has 1 atom stereocenters. The van der Waals surface area contributed by atoms with Crippen LogP contribution >= 0.6 is 24.0 Å². The Bertz CT molecular complexity index is 652. The Balaban J connectivity index is 0.00000208. The lowest BCUT2D eigenvalue weighted by Gasteiger charge is -2.25. The third-order valence-electron chi connectivity index (χ3n) is 4.03. The summed E-state index contributed by atoms with van der Waals surface area (Å²) >= 11 is 0. The summed E-state index contributed by atoms with van der Waals surface area (Å²) < 4.78 is 7.36. The van der Waals surface area contributed by atoms with E-state index in [0.717, 1.165) is 62.1 Å². The van der Waals surface area contributed by atoms with Crippen LogP contribution < -0.4 is 10.6 Å². The quantitative estimate of drug-likeness (QED) is 0.418. The molecule has 0 fully saturated rings. The maximum Gasteiger partial charge on any atom is 0.191 e. The predicted molar refractivity (Wildman–Crippen MR) is 104 cm³/mol. The molecule has 1 aliphatic rings. The number of rotatable bonds is 5. The van der Waals surface area contributed by atoms with E-state index in [1.807, 2.05) is 16.8 Å². The van der Waals surface area contributed by atoms with Gasteiger partial charge in [-0.25, -0.2) is 9.67 Å². The Labute approximate surface area is 159 Å². The molecule has 24 heavy (non-hydrogen) atoms. The first kappa shape index (κ1) is 18.8. The number of nitrogens with zero attached hydrogens (tertiary/aromatic N) is 4. The summed E-state index contributed by atoms with van der Waals surface area (Å²) in [6, 6.07) is 4.21. The van der Waals surface area contributed by atoms with Crippen LogP contribution in [-0.4, -0.2) is 40.4 Å². The Morgan fingerprint density at radius 1 is 1.50 bits per heavy atom. The van der Waals surface area contributed by atoms with Gasteiger partial charge >= 0.3 is 0 Å². The molecular formula is C16H25IN6O. The zero-order valence-corrected chi connectivity index (χ0v) is 16.5. The number of hydrogen-bond acceptors (Lipinski definition) is 4. The van der Waals surface area contributed by atoms with Crippen LogP contribution in [0.4, 0.5) is 0 Å². The third kappa shape index (κ3) is 4.71. The second-order valence-corrected chi connectivity index (χ2v) is 5.69. The number of aryl methyl sites for hydroxylation is 2. The zero-order chi connectivity index (χ0) is 16.1. The number of aliphatic imine (C=N–C) groups is 1. The molecule has 3 rings (SSSR count). The fourth-order valence-corrected chi connectivity index (χ4v) is 2.78. The van der Waals surface area contributed by atoms with Gasteiger partial charge in [0, 0.05) is 38.9 Å². The highest BCUT2D eigenvalue weighted by atomic mass is 127. The van der Waals surface area contributed by atoms with Gasteiger partial charge in [-0.15, -0.1) is 24.0 Å². The fraction of sp³-hybridized carbons (Fsp3) is 0.562. The van der Waals surface area contributed by atoms with E-state index >= 15 is 0 Å². The number of guanidine groups is 1. The van der Waals surface area contributed by atoms with Gasteiger partial charge in [0.2, 0.25) is 0 Å². The van der Waals surface area contributed by atoms with E-state index in [-0.39, 0.29) is 24.0 Å². The molecule has 0 saturated carbocycles. The van der Waals surface area contributed by atoms with Gasteiger partial charge in [-0.3, -0.25) is 4.99 Å². The third-order valence-corrected chi connectivity index (χ3v) is 4.03. The first-order valence-corrected chi connectivity index (χ1v) is 8.20. The van der Waals surface area contributed by atoms with Crippen LogP contribution in [0.15, 0.2) is 27.8 Å². The van der Waals surface area contributed by atoms with E-state index in [2.05, 4.69) is 32.6 Å². The van der Waals surface area contributed by atoms with Gasteiger partial charge in [-0.1, -0.05) is 6.92 Å². The highest BCUT2D eigenvalue weighted by Crippen LogP contribution is 2.13. The molecule has 0 aliphatic carbocycles. The molecular weight excluding hydrogens is 419 g/mol. The number of aromatic nitrogens is 3. The molecule has 0 saturated heterocycles. The van der Waals surface area contributed by atoms with Crippen molar-refractivity contribution in [2.75, 3.05) is 13.6 Å². The summed E-state index contributed by atoms with van der Waals surface area (Å²) in [5.74, 6) is 3.83. The maximum atomic E-state index is 5.33. The van der Waals surface area contributed by atoms with E-state index in [0.29, 0.717) is 6.04 Å². The second-order valence-electron chi connectivity index (χ2n) is 5.69. The number of halogens is 1. The summed E-state index contributed by atoms with van der Waals surface area (Å²) in [5, 5.41) is 11.3. The molecule has 1 aliphatic heterocycles. The molecule has 2 N–H and O–H groups in total. The summed E-state index contributed by atoms with van der Waals surface area (Å²) in [6.45, 7) is 3.71. The second kappa shape index (κ2) is 9.05. The standard InChI is InChI=1S/C16H24N6O.HI/c1-3-14-20-15-7-6-12(11-22(15)21-14)19-16(17-2)18-9-8-13-5-4-10-23-13;/h4-5,10,12H,3,6-9,11H2,1-2H3,(H2,17,18,19);1H. The van der Waals surface area contributed by atoms with Crippen molar-refractivity contribution in [3.05, 3.63) is 35.8 Å². The Morgan fingerprint density at radius 3 is 3.08 bits per heavy atom. The number of furan rings is 1. The highest BCUT2D eigenvalue weighted by molar-refractivity contribution is 14.0. The van der Waals surface area contributed by atoms with Gasteiger partial charge in [0.05, 0.1) is 12.8 Å².